The number of ether oxygens (including phenoxy) is 3. The summed E-state index contributed by atoms with van der Waals surface area (Å²) in [5.41, 5.74) is -1.80. The Hall–Kier alpha value is -1.36. The molecule has 0 bridgehead atoms. The van der Waals surface area contributed by atoms with Crippen LogP contribution in [-0.2, 0) is 19.0 Å². The smallest absolute Gasteiger partial charge is 0.331 e. The molecule has 2 aliphatic heterocycles. The van der Waals surface area contributed by atoms with E-state index in [1.807, 2.05) is 0 Å². The van der Waals surface area contributed by atoms with E-state index in [2.05, 4.69) is 20.1 Å². The normalized spacial score (nSPS) is 45.8. The number of cyclic esters (lactones) is 1. The molecule has 2 heterocycles. The number of aliphatic hydroxyl groups excluding tert-OH is 2. The molecule has 0 radical (unpaired) electrons. The first-order chi connectivity index (χ1) is 23.0. The lowest BCUT2D eigenvalue weighted by molar-refractivity contribution is -0.282. The Balaban J connectivity index is 1.19. The summed E-state index contributed by atoms with van der Waals surface area (Å²) in [5.74, 6) is -0.0240. The van der Waals surface area contributed by atoms with Gasteiger partial charge < -0.3 is 34.6 Å². The largest absolute Gasteiger partial charge is 0.458 e. The van der Waals surface area contributed by atoms with Crippen molar-refractivity contribution in [3.63, 3.8) is 0 Å². The van der Waals surface area contributed by atoms with Crippen LogP contribution >= 0.6 is 0 Å². The van der Waals surface area contributed by atoms with E-state index in [1.165, 1.54) is 44.9 Å². The van der Waals surface area contributed by atoms with Crippen molar-refractivity contribution < 1.29 is 39.4 Å². The van der Waals surface area contributed by atoms with Crippen molar-refractivity contribution in [2.24, 2.45) is 33.6 Å². The zero-order valence-electron chi connectivity index (χ0n) is 29.8. The number of nitrogens with zero attached hydrogens (tertiary/aromatic N) is 1. The number of aliphatic hydroxyl groups is 4. The van der Waals surface area contributed by atoms with Gasteiger partial charge in [-0.25, -0.2) is 4.79 Å². The minimum absolute atomic E-state index is 0.0337. The average molecular weight is 674 g/mol. The first-order valence-electron chi connectivity index (χ1n) is 19.5. The fourth-order valence-corrected chi connectivity index (χ4v) is 11.3. The van der Waals surface area contributed by atoms with E-state index in [4.69, 9.17) is 19.2 Å². The predicted molar refractivity (Wildman–Crippen MR) is 183 cm³/mol. The fourth-order valence-electron chi connectivity index (χ4n) is 11.3. The maximum Gasteiger partial charge on any atom is 0.331 e. The van der Waals surface area contributed by atoms with E-state index in [9.17, 15) is 25.2 Å². The number of rotatable bonds is 13. The summed E-state index contributed by atoms with van der Waals surface area (Å²) in [6.45, 7) is 7.31. The maximum absolute atomic E-state index is 12.8. The summed E-state index contributed by atoms with van der Waals surface area (Å²) in [5, 5.41) is 46.1. The van der Waals surface area contributed by atoms with Gasteiger partial charge in [-0.05, 0) is 88.0 Å². The standard InChI is InChI=1S/C39H63NO8/c1-4-5-6-7-8-9-10-11-20-40-25-37-17-12-28(48-34-22-32(41)35(43)26(2)47-34)23-38(37,44)18-14-31-30(37)13-16-36(3)29(15-19-39(31,36)45)27-21-33(42)46-24-27/h21,25-26,28-32,34-35,41,43-45H,4-20,22-24H2,1-3H3/t26?,28?,29-,30-,31?,32?,34?,35?,36+,37-,38?,39?/m0/s1. The van der Waals surface area contributed by atoms with Crippen molar-refractivity contribution in [3.05, 3.63) is 11.6 Å². The number of fused-ring (bicyclic) bond motifs is 5. The van der Waals surface area contributed by atoms with Gasteiger partial charge in [-0.15, -0.1) is 0 Å². The van der Waals surface area contributed by atoms with E-state index in [-0.39, 0.29) is 41.7 Å². The van der Waals surface area contributed by atoms with E-state index in [1.54, 1.807) is 13.0 Å². The summed E-state index contributed by atoms with van der Waals surface area (Å²) in [6, 6.07) is 0. The maximum atomic E-state index is 12.8. The molecule has 9 nitrogen and oxygen atoms in total. The summed E-state index contributed by atoms with van der Waals surface area (Å²) in [4.78, 5) is 17.1. The molecule has 0 aromatic rings. The van der Waals surface area contributed by atoms with E-state index in [0.29, 0.717) is 32.3 Å². The molecule has 8 unspecified atom stereocenters. The summed E-state index contributed by atoms with van der Waals surface area (Å²) in [7, 11) is 0. The van der Waals surface area contributed by atoms with Crippen LogP contribution in [0.15, 0.2) is 16.6 Å². The Morgan fingerprint density at radius 2 is 1.69 bits per heavy atom. The van der Waals surface area contributed by atoms with Gasteiger partial charge in [-0.1, -0.05) is 58.8 Å². The lowest BCUT2D eigenvalue weighted by Crippen LogP contribution is -2.69. The van der Waals surface area contributed by atoms with Crippen molar-refractivity contribution in [2.75, 3.05) is 13.2 Å². The molecular formula is C39H63NO8. The molecule has 0 aromatic carbocycles. The molecule has 9 heteroatoms. The second kappa shape index (κ2) is 14.7. The van der Waals surface area contributed by atoms with E-state index >= 15 is 0 Å². The number of carbonyl (C=O) groups excluding carboxylic acids is 1. The van der Waals surface area contributed by atoms with Gasteiger partial charge in [0.2, 0.25) is 0 Å². The highest BCUT2D eigenvalue weighted by atomic mass is 16.7. The molecule has 4 aliphatic carbocycles. The number of hydrogen-bond acceptors (Lipinski definition) is 9. The lowest BCUT2D eigenvalue weighted by atomic mass is 9.41. The average Bonchev–Trinajstić information content (AvgIpc) is 3.60. The molecular weight excluding hydrogens is 610 g/mol. The number of carbonyl (C=O) groups is 1. The highest BCUT2D eigenvalue weighted by Crippen LogP contribution is 2.70. The summed E-state index contributed by atoms with van der Waals surface area (Å²) < 4.78 is 17.6. The molecule has 6 rings (SSSR count). The summed E-state index contributed by atoms with van der Waals surface area (Å²) >= 11 is 0. The van der Waals surface area contributed by atoms with Crippen LogP contribution in [0.5, 0.6) is 0 Å². The molecule has 48 heavy (non-hydrogen) atoms. The van der Waals surface area contributed by atoms with Gasteiger partial charge in [-0.3, -0.25) is 4.99 Å². The first kappa shape index (κ1) is 36.4. The quantitative estimate of drug-likeness (QED) is 0.0835. The molecule has 0 spiro atoms. The fraction of sp³-hybridized carbons (Fsp3) is 0.897. The van der Waals surface area contributed by atoms with Crippen LogP contribution in [-0.4, -0.2) is 87.7 Å². The minimum Gasteiger partial charge on any atom is -0.458 e. The van der Waals surface area contributed by atoms with Gasteiger partial charge in [-0.2, -0.15) is 0 Å². The van der Waals surface area contributed by atoms with Crippen LogP contribution in [0.3, 0.4) is 0 Å². The molecule has 5 fully saturated rings. The SMILES string of the molecule is CCCCCCCCCCN=C[C@]12CCC(OC3CC(O)C(O)C(C)O3)CC1(O)CCC1[C@@H]2CC[C@]2(C)[C@H](C3=CC(=O)OC3)CCC12O. The van der Waals surface area contributed by atoms with Crippen LogP contribution in [0, 0.1) is 28.6 Å². The second-order valence-corrected chi connectivity index (χ2v) is 16.7. The number of esters is 1. The number of hydrogen-bond donors (Lipinski definition) is 4. The van der Waals surface area contributed by atoms with Gasteiger partial charge in [0.05, 0.1) is 29.5 Å². The van der Waals surface area contributed by atoms with Crippen LogP contribution in [0.2, 0.25) is 0 Å². The zero-order valence-corrected chi connectivity index (χ0v) is 29.8. The van der Waals surface area contributed by atoms with Gasteiger partial charge in [0.15, 0.2) is 6.29 Å². The van der Waals surface area contributed by atoms with Gasteiger partial charge in [0, 0.05) is 42.5 Å². The predicted octanol–water partition coefficient (Wildman–Crippen LogP) is 5.79. The molecule has 12 atom stereocenters. The molecule has 272 valence electrons. The highest BCUT2D eigenvalue weighted by Gasteiger charge is 2.71. The van der Waals surface area contributed by atoms with Crippen molar-refractivity contribution in [1.29, 1.82) is 0 Å². The monoisotopic (exact) mass is 673 g/mol. The molecule has 4 N–H and O–H groups in total. The van der Waals surface area contributed by atoms with Crippen LogP contribution in [0.25, 0.3) is 0 Å². The summed E-state index contributed by atoms with van der Waals surface area (Å²) in [6.07, 6.45) is 17.2. The second-order valence-electron chi connectivity index (χ2n) is 16.7. The minimum atomic E-state index is -1.03. The van der Waals surface area contributed by atoms with Gasteiger partial charge in [0.25, 0.3) is 0 Å². The van der Waals surface area contributed by atoms with Crippen LogP contribution in [0.1, 0.15) is 136 Å². The highest BCUT2D eigenvalue weighted by molar-refractivity contribution is 5.85. The van der Waals surface area contributed by atoms with E-state index < -0.39 is 41.2 Å². The zero-order chi connectivity index (χ0) is 34.2. The molecule has 0 aromatic heterocycles. The number of aliphatic imine (C=N–C) groups is 1. The third-order valence-electron chi connectivity index (χ3n) is 14.1. The van der Waals surface area contributed by atoms with Gasteiger partial charge in [0.1, 0.15) is 12.7 Å². The Labute approximate surface area is 287 Å². The van der Waals surface area contributed by atoms with Crippen molar-refractivity contribution in [2.45, 2.75) is 178 Å². The van der Waals surface area contributed by atoms with Crippen LogP contribution in [0.4, 0.5) is 0 Å². The number of unbranched alkanes of at least 4 members (excludes halogenated alkanes) is 7. The van der Waals surface area contributed by atoms with Crippen molar-refractivity contribution in [1.82, 2.24) is 0 Å². The van der Waals surface area contributed by atoms with Gasteiger partial charge >= 0.3 is 5.97 Å². The Kier molecular flexibility index (Phi) is 11.2. The lowest BCUT2D eigenvalue weighted by Gasteiger charge is -2.66. The third kappa shape index (κ3) is 6.58. The van der Waals surface area contributed by atoms with Crippen molar-refractivity contribution >= 4 is 12.2 Å². The molecule has 0 amide bonds. The molecule has 6 aliphatic rings. The Morgan fingerprint density at radius 1 is 0.958 bits per heavy atom. The van der Waals surface area contributed by atoms with Crippen LogP contribution < -0.4 is 0 Å². The first-order valence-corrected chi connectivity index (χ1v) is 19.5. The topological polar surface area (TPSA) is 138 Å². The third-order valence-corrected chi connectivity index (χ3v) is 14.1. The van der Waals surface area contributed by atoms with E-state index in [0.717, 1.165) is 50.6 Å². The molecule has 4 saturated carbocycles. The van der Waals surface area contributed by atoms with Crippen molar-refractivity contribution in [3.8, 4) is 0 Å². The Morgan fingerprint density at radius 3 is 2.40 bits per heavy atom. The molecule has 1 saturated heterocycles. The Bertz CT molecular complexity index is 1180.